The van der Waals surface area contributed by atoms with Gasteiger partial charge in [0, 0.05) is 29.3 Å². The van der Waals surface area contributed by atoms with Gasteiger partial charge in [-0.15, -0.1) is 0 Å². The number of nitrogens with one attached hydrogen (secondary N) is 2. The Morgan fingerprint density at radius 2 is 1.73 bits per heavy atom. The maximum atomic E-state index is 12.7. The summed E-state index contributed by atoms with van der Waals surface area (Å²) in [5.74, 6) is -0.220. The number of non-ortho nitro benzene ring substituents is 1. The molecule has 0 spiro atoms. The fourth-order valence-electron chi connectivity index (χ4n) is 2.95. The van der Waals surface area contributed by atoms with Gasteiger partial charge < -0.3 is 10.1 Å². The van der Waals surface area contributed by atoms with Gasteiger partial charge in [-0.1, -0.05) is 23.7 Å². The molecule has 11 heteroatoms. The van der Waals surface area contributed by atoms with Gasteiger partial charge in [0.15, 0.2) is 0 Å². The minimum Gasteiger partial charge on any atom is -0.495 e. The average Bonchev–Trinajstić information content (AvgIpc) is 2.80. The van der Waals surface area contributed by atoms with Crippen molar-refractivity contribution in [3.63, 3.8) is 0 Å². The van der Waals surface area contributed by atoms with E-state index in [0.717, 1.165) is 11.6 Å². The van der Waals surface area contributed by atoms with Crippen molar-refractivity contribution in [3.05, 3.63) is 93.0 Å². The normalized spacial score (nSPS) is 11.0. The zero-order chi connectivity index (χ0) is 24.0. The van der Waals surface area contributed by atoms with Crippen molar-refractivity contribution in [2.24, 2.45) is 0 Å². The van der Waals surface area contributed by atoms with Gasteiger partial charge in [-0.2, -0.15) is 0 Å². The number of benzene rings is 3. The average molecular weight is 490 g/mol. The molecular formula is C22H20ClN3O6S. The van der Waals surface area contributed by atoms with Crippen LogP contribution in [0, 0.1) is 10.1 Å². The van der Waals surface area contributed by atoms with Gasteiger partial charge in [-0.3, -0.25) is 19.6 Å². The van der Waals surface area contributed by atoms with Crippen LogP contribution in [0.25, 0.3) is 0 Å². The minimum absolute atomic E-state index is 0.0734. The predicted octanol–water partition coefficient (Wildman–Crippen LogP) is 4.03. The van der Waals surface area contributed by atoms with Gasteiger partial charge in [0.05, 0.1) is 22.6 Å². The molecule has 3 aromatic rings. The van der Waals surface area contributed by atoms with Crippen LogP contribution in [0.1, 0.15) is 15.9 Å². The number of hydrogen-bond acceptors (Lipinski definition) is 6. The van der Waals surface area contributed by atoms with Gasteiger partial charge in [0.25, 0.3) is 21.6 Å². The van der Waals surface area contributed by atoms with E-state index >= 15 is 0 Å². The number of amides is 1. The quantitative estimate of drug-likeness (QED) is 0.345. The molecule has 0 aliphatic heterocycles. The first kappa shape index (κ1) is 24.0. The smallest absolute Gasteiger partial charge is 0.271 e. The van der Waals surface area contributed by atoms with Crippen LogP contribution in [0.2, 0.25) is 5.02 Å². The maximum Gasteiger partial charge on any atom is 0.271 e. The number of nitrogens with zero attached hydrogens (tertiary/aromatic N) is 1. The Labute approximate surface area is 195 Å². The Morgan fingerprint density at radius 1 is 1.06 bits per heavy atom. The van der Waals surface area contributed by atoms with E-state index in [1.165, 1.54) is 43.5 Å². The summed E-state index contributed by atoms with van der Waals surface area (Å²) < 4.78 is 32.8. The molecule has 0 aromatic heterocycles. The minimum atomic E-state index is -4.08. The molecule has 0 heterocycles. The molecule has 0 saturated carbocycles. The molecule has 0 atom stereocenters. The monoisotopic (exact) mass is 489 g/mol. The molecule has 0 radical (unpaired) electrons. The Kier molecular flexibility index (Phi) is 7.52. The third-order valence-corrected chi connectivity index (χ3v) is 6.31. The fraction of sp³-hybridized carbons (Fsp3) is 0.136. The van der Waals surface area contributed by atoms with Crippen LogP contribution in [0.4, 0.5) is 11.4 Å². The van der Waals surface area contributed by atoms with Crippen molar-refractivity contribution in [1.82, 2.24) is 5.32 Å². The van der Waals surface area contributed by atoms with Gasteiger partial charge >= 0.3 is 0 Å². The van der Waals surface area contributed by atoms with Gasteiger partial charge in [0.1, 0.15) is 5.75 Å². The fourth-order valence-corrected chi connectivity index (χ4v) is 4.14. The van der Waals surface area contributed by atoms with E-state index in [1.54, 1.807) is 12.1 Å². The molecule has 0 saturated heterocycles. The Hall–Kier alpha value is -3.63. The Morgan fingerprint density at radius 3 is 2.33 bits per heavy atom. The number of halogens is 1. The Bertz CT molecular complexity index is 1260. The highest BCUT2D eigenvalue weighted by atomic mass is 35.5. The molecule has 0 aliphatic carbocycles. The number of rotatable bonds is 9. The van der Waals surface area contributed by atoms with Crippen LogP contribution < -0.4 is 14.8 Å². The maximum absolute atomic E-state index is 12.7. The van der Waals surface area contributed by atoms with Crippen LogP contribution in [0.15, 0.2) is 71.6 Å². The third kappa shape index (κ3) is 6.21. The molecule has 9 nitrogen and oxygen atoms in total. The number of nitro groups is 1. The first-order valence-corrected chi connectivity index (χ1v) is 11.5. The van der Waals surface area contributed by atoms with Gasteiger partial charge in [-0.25, -0.2) is 8.42 Å². The van der Waals surface area contributed by atoms with E-state index in [4.69, 9.17) is 16.3 Å². The number of anilines is 1. The number of ether oxygens (including phenoxy) is 1. The van der Waals surface area contributed by atoms with Crippen molar-refractivity contribution >= 4 is 38.9 Å². The molecule has 2 N–H and O–H groups in total. The van der Waals surface area contributed by atoms with Crippen LogP contribution in [0.3, 0.4) is 0 Å². The summed E-state index contributed by atoms with van der Waals surface area (Å²) in [7, 11) is -2.76. The highest BCUT2D eigenvalue weighted by Crippen LogP contribution is 2.30. The highest BCUT2D eigenvalue weighted by molar-refractivity contribution is 7.92. The van der Waals surface area contributed by atoms with E-state index in [-0.39, 0.29) is 33.5 Å². The second kappa shape index (κ2) is 10.3. The Balaban J connectivity index is 1.67. The molecule has 33 heavy (non-hydrogen) atoms. The van der Waals surface area contributed by atoms with E-state index < -0.39 is 14.9 Å². The number of nitro benzene ring substituents is 1. The number of methoxy groups -OCH3 is 1. The lowest BCUT2D eigenvalue weighted by atomic mass is 10.1. The standard InChI is InChI=1S/C22H20ClN3O6S/c1-32-21-11-8-18(26(28)29)14-20(21)25-33(30,31)19-9-4-16(5-10-19)22(27)24-13-12-15-2-6-17(23)7-3-15/h2-11,14,25H,12-13H2,1H3,(H,24,27). The van der Waals surface area contributed by atoms with Crippen LogP contribution in [-0.4, -0.2) is 32.9 Å². The van der Waals surface area contributed by atoms with Crippen LogP contribution in [0.5, 0.6) is 5.75 Å². The van der Waals surface area contributed by atoms with Gasteiger partial charge in [0.2, 0.25) is 0 Å². The zero-order valence-corrected chi connectivity index (χ0v) is 19.0. The summed E-state index contributed by atoms with van der Waals surface area (Å²) in [5, 5.41) is 14.4. The van der Waals surface area contributed by atoms with E-state index in [0.29, 0.717) is 18.0 Å². The van der Waals surface area contributed by atoms with E-state index in [1.807, 2.05) is 12.1 Å². The number of sulfonamides is 1. The second-order valence-corrected chi connectivity index (χ2v) is 9.02. The summed E-state index contributed by atoms with van der Waals surface area (Å²) >= 11 is 5.85. The first-order valence-electron chi connectivity index (χ1n) is 9.67. The molecule has 1 amide bonds. The van der Waals surface area contributed by atoms with Crippen LogP contribution in [-0.2, 0) is 16.4 Å². The lowest BCUT2D eigenvalue weighted by Gasteiger charge is -2.12. The summed E-state index contributed by atoms with van der Waals surface area (Å²) in [6, 6.07) is 16.2. The predicted molar refractivity (Wildman–Crippen MR) is 124 cm³/mol. The molecule has 172 valence electrons. The number of carbonyl (C=O) groups excluding carboxylic acids is 1. The van der Waals surface area contributed by atoms with Gasteiger partial charge in [-0.05, 0) is 54.4 Å². The van der Waals surface area contributed by atoms with Crippen molar-refractivity contribution in [2.75, 3.05) is 18.4 Å². The summed E-state index contributed by atoms with van der Waals surface area (Å²) in [5.41, 5.74) is 0.941. The van der Waals surface area contributed by atoms with Crippen molar-refractivity contribution < 1.29 is 22.9 Å². The zero-order valence-electron chi connectivity index (χ0n) is 17.4. The molecular weight excluding hydrogens is 470 g/mol. The lowest BCUT2D eigenvalue weighted by Crippen LogP contribution is -2.25. The summed E-state index contributed by atoms with van der Waals surface area (Å²) in [6.45, 7) is 0.397. The first-order chi connectivity index (χ1) is 15.7. The van der Waals surface area contributed by atoms with Crippen LogP contribution >= 0.6 is 11.6 Å². The largest absolute Gasteiger partial charge is 0.495 e. The van der Waals surface area contributed by atoms with E-state index in [2.05, 4.69) is 10.0 Å². The topological polar surface area (TPSA) is 128 Å². The molecule has 3 rings (SSSR count). The third-order valence-electron chi connectivity index (χ3n) is 4.68. The van der Waals surface area contributed by atoms with Crippen molar-refractivity contribution in [2.45, 2.75) is 11.3 Å². The molecule has 0 bridgehead atoms. The summed E-state index contributed by atoms with van der Waals surface area (Å²) in [6.07, 6.45) is 0.615. The van der Waals surface area contributed by atoms with Crippen molar-refractivity contribution in [3.8, 4) is 5.75 Å². The molecule has 3 aromatic carbocycles. The lowest BCUT2D eigenvalue weighted by molar-refractivity contribution is -0.384. The molecule has 0 unspecified atom stereocenters. The van der Waals surface area contributed by atoms with E-state index in [9.17, 15) is 23.3 Å². The highest BCUT2D eigenvalue weighted by Gasteiger charge is 2.19. The second-order valence-electron chi connectivity index (χ2n) is 6.90. The number of hydrogen-bond donors (Lipinski definition) is 2. The number of carbonyl (C=O) groups is 1. The molecule has 0 aliphatic rings. The summed E-state index contributed by atoms with van der Waals surface area (Å²) in [4.78, 5) is 22.6. The SMILES string of the molecule is COc1ccc([N+](=O)[O-])cc1NS(=O)(=O)c1ccc(C(=O)NCCc2ccc(Cl)cc2)cc1. The van der Waals surface area contributed by atoms with Crippen molar-refractivity contribution in [1.29, 1.82) is 0 Å². The molecule has 0 fully saturated rings.